The number of ether oxygens (including phenoxy) is 1. The van der Waals surface area contributed by atoms with E-state index in [0.29, 0.717) is 5.75 Å². The van der Waals surface area contributed by atoms with E-state index < -0.39 is 0 Å². The highest BCUT2D eigenvalue weighted by Crippen LogP contribution is 2.20. The van der Waals surface area contributed by atoms with Gasteiger partial charge in [-0.05, 0) is 55.0 Å². The normalized spacial score (nSPS) is 10.2. The van der Waals surface area contributed by atoms with Gasteiger partial charge < -0.3 is 10.1 Å². The summed E-state index contributed by atoms with van der Waals surface area (Å²) in [5.41, 5.74) is 1.69. The SMILES string of the molecule is Cc1cc(Br)ccc1NC(=O)COc1ccc(F)cc1. The Labute approximate surface area is 124 Å². The van der Waals surface area contributed by atoms with Crippen molar-refractivity contribution in [3.05, 3.63) is 58.3 Å². The molecule has 2 aromatic rings. The molecule has 5 heteroatoms. The zero-order valence-corrected chi connectivity index (χ0v) is 12.4. The Morgan fingerprint density at radius 3 is 2.60 bits per heavy atom. The maximum atomic E-state index is 12.7. The lowest BCUT2D eigenvalue weighted by Gasteiger charge is -2.10. The van der Waals surface area contributed by atoms with E-state index in [1.165, 1.54) is 24.3 Å². The van der Waals surface area contributed by atoms with Crippen molar-refractivity contribution in [1.29, 1.82) is 0 Å². The predicted octanol–water partition coefficient (Wildman–Crippen LogP) is 3.91. The number of benzene rings is 2. The maximum absolute atomic E-state index is 12.7. The summed E-state index contributed by atoms with van der Waals surface area (Å²) in [5.74, 6) is -0.152. The molecule has 0 aliphatic carbocycles. The van der Waals surface area contributed by atoms with Crippen LogP contribution in [-0.2, 0) is 4.79 Å². The fourth-order valence-corrected chi connectivity index (χ4v) is 2.11. The monoisotopic (exact) mass is 337 g/mol. The van der Waals surface area contributed by atoms with E-state index in [9.17, 15) is 9.18 Å². The molecule has 0 bridgehead atoms. The van der Waals surface area contributed by atoms with E-state index in [4.69, 9.17) is 4.74 Å². The van der Waals surface area contributed by atoms with Crippen LogP contribution < -0.4 is 10.1 Å². The van der Waals surface area contributed by atoms with Gasteiger partial charge in [-0.2, -0.15) is 0 Å². The second-order valence-electron chi connectivity index (χ2n) is 4.25. The van der Waals surface area contributed by atoms with E-state index in [1.807, 2.05) is 25.1 Å². The third-order valence-corrected chi connectivity index (χ3v) is 3.14. The third-order valence-electron chi connectivity index (χ3n) is 2.65. The summed E-state index contributed by atoms with van der Waals surface area (Å²) in [7, 11) is 0. The van der Waals surface area contributed by atoms with Crippen molar-refractivity contribution in [3.63, 3.8) is 0 Å². The minimum Gasteiger partial charge on any atom is -0.484 e. The highest BCUT2D eigenvalue weighted by Gasteiger charge is 2.06. The Hall–Kier alpha value is -1.88. The molecule has 0 heterocycles. The summed E-state index contributed by atoms with van der Waals surface area (Å²) < 4.78 is 18.9. The van der Waals surface area contributed by atoms with E-state index in [1.54, 1.807) is 0 Å². The highest BCUT2D eigenvalue weighted by atomic mass is 79.9. The molecule has 20 heavy (non-hydrogen) atoms. The van der Waals surface area contributed by atoms with Crippen LogP contribution in [0.25, 0.3) is 0 Å². The number of rotatable bonds is 4. The standard InChI is InChI=1S/C15H13BrFNO2/c1-10-8-11(16)2-7-14(10)18-15(19)9-20-13-5-3-12(17)4-6-13/h2-8H,9H2,1H3,(H,18,19). The number of carbonyl (C=O) groups is 1. The second kappa shape index (κ2) is 6.52. The second-order valence-corrected chi connectivity index (χ2v) is 5.17. The van der Waals surface area contributed by atoms with Crippen molar-refractivity contribution in [2.24, 2.45) is 0 Å². The molecule has 0 radical (unpaired) electrons. The van der Waals surface area contributed by atoms with Crippen molar-refractivity contribution in [1.82, 2.24) is 0 Å². The summed E-state index contributed by atoms with van der Waals surface area (Å²) in [4.78, 5) is 11.8. The van der Waals surface area contributed by atoms with Crippen LogP contribution in [0.1, 0.15) is 5.56 Å². The van der Waals surface area contributed by atoms with Crippen molar-refractivity contribution in [2.75, 3.05) is 11.9 Å². The Morgan fingerprint density at radius 2 is 1.95 bits per heavy atom. The molecule has 0 saturated heterocycles. The first-order chi connectivity index (χ1) is 9.54. The van der Waals surface area contributed by atoms with Gasteiger partial charge in [0.2, 0.25) is 0 Å². The third kappa shape index (κ3) is 4.06. The van der Waals surface area contributed by atoms with Gasteiger partial charge in [0, 0.05) is 10.2 Å². The average molecular weight is 338 g/mol. The van der Waals surface area contributed by atoms with Crippen LogP contribution in [0.5, 0.6) is 5.75 Å². The summed E-state index contributed by atoms with van der Waals surface area (Å²) >= 11 is 3.36. The highest BCUT2D eigenvalue weighted by molar-refractivity contribution is 9.10. The predicted molar refractivity (Wildman–Crippen MR) is 79.4 cm³/mol. The number of anilines is 1. The van der Waals surface area contributed by atoms with Crippen LogP contribution in [0.3, 0.4) is 0 Å². The molecule has 2 aromatic carbocycles. The van der Waals surface area contributed by atoms with Crippen LogP contribution >= 0.6 is 15.9 Å². The van der Waals surface area contributed by atoms with Gasteiger partial charge in [-0.15, -0.1) is 0 Å². The Balaban J connectivity index is 1.90. The number of carbonyl (C=O) groups excluding carboxylic acids is 1. The molecule has 0 saturated carbocycles. The number of hydrogen-bond acceptors (Lipinski definition) is 2. The first-order valence-electron chi connectivity index (χ1n) is 5.99. The molecular weight excluding hydrogens is 325 g/mol. The fraction of sp³-hybridized carbons (Fsp3) is 0.133. The molecule has 0 spiro atoms. The lowest BCUT2D eigenvalue weighted by atomic mass is 10.2. The van der Waals surface area contributed by atoms with Crippen LogP contribution in [0, 0.1) is 12.7 Å². The topological polar surface area (TPSA) is 38.3 Å². The summed E-state index contributed by atoms with van der Waals surface area (Å²) in [5, 5.41) is 2.76. The van der Waals surface area contributed by atoms with Gasteiger partial charge in [-0.25, -0.2) is 4.39 Å². The van der Waals surface area contributed by atoms with Gasteiger partial charge in [0.05, 0.1) is 0 Å². The molecule has 0 aromatic heterocycles. The molecule has 0 fully saturated rings. The van der Waals surface area contributed by atoms with Gasteiger partial charge in [-0.1, -0.05) is 15.9 Å². The molecular formula is C15H13BrFNO2. The van der Waals surface area contributed by atoms with Crippen LogP contribution in [-0.4, -0.2) is 12.5 Å². The molecule has 104 valence electrons. The summed E-state index contributed by atoms with van der Waals surface area (Å²) in [6, 6.07) is 11.1. The average Bonchev–Trinajstić information content (AvgIpc) is 2.41. The molecule has 0 atom stereocenters. The molecule has 0 unspecified atom stereocenters. The smallest absolute Gasteiger partial charge is 0.262 e. The fourth-order valence-electron chi connectivity index (χ4n) is 1.63. The lowest BCUT2D eigenvalue weighted by molar-refractivity contribution is -0.118. The van der Waals surface area contributed by atoms with Gasteiger partial charge >= 0.3 is 0 Å². The molecule has 2 rings (SSSR count). The van der Waals surface area contributed by atoms with E-state index in [2.05, 4.69) is 21.2 Å². The van der Waals surface area contributed by atoms with E-state index >= 15 is 0 Å². The minimum atomic E-state index is -0.340. The zero-order chi connectivity index (χ0) is 14.5. The van der Waals surface area contributed by atoms with Crippen LogP contribution in [0.2, 0.25) is 0 Å². The molecule has 1 N–H and O–H groups in total. The van der Waals surface area contributed by atoms with Crippen LogP contribution in [0.15, 0.2) is 46.9 Å². The Kier molecular flexibility index (Phi) is 4.74. The maximum Gasteiger partial charge on any atom is 0.262 e. The minimum absolute atomic E-state index is 0.124. The first-order valence-corrected chi connectivity index (χ1v) is 6.78. The summed E-state index contributed by atoms with van der Waals surface area (Å²) in [6.07, 6.45) is 0. The molecule has 3 nitrogen and oxygen atoms in total. The first kappa shape index (κ1) is 14.5. The molecule has 1 amide bonds. The Bertz CT molecular complexity index is 614. The number of aryl methyl sites for hydroxylation is 1. The van der Waals surface area contributed by atoms with Gasteiger partial charge in [0.15, 0.2) is 6.61 Å². The number of amides is 1. The quantitative estimate of drug-likeness (QED) is 0.918. The van der Waals surface area contributed by atoms with Gasteiger partial charge in [-0.3, -0.25) is 4.79 Å². The zero-order valence-electron chi connectivity index (χ0n) is 10.8. The number of hydrogen-bond donors (Lipinski definition) is 1. The molecule has 0 aliphatic rings. The van der Waals surface area contributed by atoms with Crippen molar-refractivity contribution >= 4 is 27.5 Å². The van der Waals surface area contributed by atoms with Gasteiger partial charge in [0.1, 0.15) is 11.6 Å². The van der Waals surface area contributed by atoms with E-state index in [-0.39, 0.29) is 18.3 Å². The Morgan fingerprint density at radius 1 is 1.25 bits per heavy atom. The van der Waals surface area contributed by atoms with Crippen molar-refractivity contribution < 1.29 is 13.9 Å². The van der Waals surface area contributed by atoms with E-state index in [0.717, 1.165) is 15.7 Å². The molecule has 0 aliphatic heterocycles. The number of halogens is 2. The van der Waals surface area contributed by atoms with Crippen molar-refractivity contribution in [2.45, 2.75) is 6.92 Å². The summed E-state index contributed by atoms with van der Waals surface area (Å²) in [6.45, 7) is 1.78. The van der Waals surface area contributed by atoms with Crippen molar-refractivity contribution in [3.8, 4) is 5.75 Å². The van der Waals surface area contributed by atoms with Crippen LogP contribution in [0.4, 0.5) is 10.1 Å². The number of nitrogens with one attached hydrogen (secondary N) is 1. The van der Waals surface area contributed by atoms with Gasteiger partial charge in [0.25, 0.3) is 5.91 Å². The lowest BCUT2D eigenvalue weighted by Crippen LogP contribution is -2.20. The largest absolute Gasteiger partial charge is 0.484 e.